The van der Waals surface area contributed by atoms with E-state index < -0.39 is 0 Å². The number of carbonyl (C=O) groups is 2. The number of ether oxygens (including phenoxy) is 2. The van der Waals surface area contributed by atoms with Gasteiger partial charge in [-0.1, -0.05) is 12.8 Å². The van der Waals surface area contributed by atoms with Crippen molar-refractivity contribution in [2.45, 2.75) is 76.4 Å². The third-order valence-corrected chi connectivity index (χ3v) is 6.54. The zero-order valence-corrected chi connectivity index (χ0v) is 16.9. The average Bonchev–Trinajstić information content (AvgIpc) is 3.40. The van der Waals surface area contributed by atoms with Crippen LogP contribution >= 0.6 is 0 Å². The molecule has 2 saturated heterocycles. The van der Waals surface area contributed by atoms with Crippen molar-refractivity contribution >= 4 is 11.9 Å². The lowest BCUT2D eigenvalue weighted by Crippen LogP contribution is -2.45. The number of nitrogens with zero attached hydrogens (tertiary/aromatic N) is 2. The monoisotopic (exact) mass is 380 g/mol. The smallest absolute Gasteiger partial charge is 0.306 e. The molecule has 0 N–H and O–H groups in total. The summed E-state index contributed by atoms with van der Waals surface area (Å²) in [6.07, 6.45) is 10.5. The molecule has 1 aliphatic carbocycles. The molecular weight excluding hydrogens is 344 g/mol. The summed E-state index contributed by atoms with van der Waals surface area (Å²) in [5.74, 6) is 0.311. The quantitative estimate of drug-likeness (QED) is 0.606. The van der Waals surface area contributed by atoms with Crippen molar-refractivity contribution in [3.63, 3.8) is 0 Å². The van der Waals surface area contributed by atoms with Crippen molar-refractivity contribution < 1.29 is 19.1 Å². The molecule has 2 aliphatic heterocycles. The number of methoxy groups -OCH3 is 1. The van der Waals surface area contributed by atoms with Gasteiger partial charge in [0, 0.05) is 32.2 Å². The van der Waals surface area contributed by atoms with E-state index in [4.69, 9.17) is 4.74 Å². The zero-order valence-electron chi connectivity index (χ0n) is 16.9. The molecule has 1 atom stereocenters. The molecule has 3 aliphatic rings. The summed E-state index contributed by atoms with van der Waals surface area (Å²) in [6.45, 7) is 4.61. The van der Waals surface area contributed by atoms with E-state index in [0.29, 0.717) is 12.5 Å². The van der Waals surface area contributed by atoms with Crippen molar-refractivity contribution in [1.29, 1.82) is 0 Å². The molecule has 1 saturated carbocycles. The molecule has 27 heavy (non-hydrogen) atoms. The second-order valence-corrected chi connectivity index (χ2v) is 8.43. The summed E-state index contributed by atoms with van der Waals surface area (Å²) in [7, 11) is 1.37. The van der Waals surface area contributed by atoms with E-state index in [2.05, 4.69) is 9.64 Å². The molecular formula is C21H36N2O4. The van der Waals surface area contributed by atoms with Crippen LogP contribution in [0, 0.1) is 5.92 Å². The van der Waals surface area contributed by atoms with Crippen LogP contribution < -0.4 is 0 Å². The topological polar surface area (TPSA) is 59.1 Å². The first kappa shape index (κ1) is 20.6. The lowest BCUT2D eigenvalue weighted by Gasteiger charge is -2.38. The number of carbonyl (C=O) groups excluding carboxylic acids is 2. The number of hydrogen-bond donors (Lipinski definition) is 0. The molecule has 1 amide bonds. The molecule has 0 aromatic carbocycles. The molecule has 0 spiro atoms. The summed E-state index contributed by atoms with van der Waals surface area (Å²) in [5.41, 5.74) is 0. The van der Waals surface area contributed by atoms with Crippen LogP contribution in [0.2, 0.25) is 0 Å². The molecule has 3 rings (SSSR count). The van der Waals surface area contributed by atoms with Gasteiger partial charge in [-0.15, -0.1) is 0 Å². The van der Waals surface area contributed by atoms with Crippen molar-refractivity contribution in [3.05, 3.63) is 0 Å². The molecule has 6 nitrogen and oxygen atoms in total. The van der Waals surface area contributed by atoms with Gasteiger partial charge in [-0.3, -0.25) is 9.59 Å². The number of piperidine rings is 1. The van der Waals surface area contributed by atoms with Crippen LogP contribution in [0.3, 0.4) is 0 Å². The molecule has 6 heteroatoms. The van der Waals surface area contributed by atoms with E-state index in [1.54, 1.807) is 0 Å². The number of esters is 1. The van der Waals surface area contributed by atoms with Gasteiger partial charge in [0.05, 0.1) is 19.6 Å². The van der Waals surface area contributed by atoms with Gasteiger partial charge >= 0.3 is 5.97 Å². The second kappa shape index (κ2) is 10.4. The molecule has 2 heterocycles. The Morgan fingerprint density at radius 2 is 1.74 bits per heavy atom. The maximum absolute atomic E-state index is 12.8. The summed E-state index contributed by atoms with van der Waals surface area (Å²) >= 11 is 0. The Kier molecular flexibility index (Phi) is 7.94. The lowest BCUT2D eigenvalue weighted by molar-refractivity contribution is -0.144. The molecule has 154 valence electrons. The van der Waals surface area contributed by atoms with Crippen molar-refractivity contribution in [1.82, 2.24) is 9.80 Å². The Bertz CT molecular complexity index is 479. The fraction of sp³-hybridized carbons (Fsp3) is 0.905. The molecule has 0 bridgehead atoms. The van der Waals surface area contributed by atoms with E-state index >= 15 is 0 Å². The van der Waals surface area contributed by atoms with Gasteiger partial charge in [0.2, 0.25) is 5.91 Å². The van der Waals surface area contributed by atoms with Crippen LogP contribution in [-0.4, -0.2) is 73.7 Å². The predicted molar refractivity (Wildman–Crippen MR) is 103 cm³/mol. The van der Waals surface area contributed by atoms with Crippen LogP contribution in [0.1, 0.15) is 64.2 Å². The molecule has 0 aromatic heterocycles. The Hall–Kier alpha value is -1.14. The highest BCUT2D eigenvalue weighted by atomic mass is 16.5. The van der Waals surface area contributed by atoms with E-state index in [9.17, 15) is 9.59 Å². The molecule has 0 aromatic rings. The minimum Gasteiger partial charge on any atom is -0.469 e. The van der Waals surface area contributed by atoms with Gasteiger partial charge in [0.1, 0.15) is 0 Å². The molecule has 3 fully saturated rings. The molecule has 0 unspecified atom stereocenters. The zero-order chi connectivity index (χ0) is 19.1. The van der Waals surface area contributed by atoms with Crippen molar-refractivity contribution in [3.8, 4) is 0 Å². The predicted octanol–water partition coefficient (Wildman–Crippen LogP) is 2.60. The van der Waals surface area contributed by atoms with Gasteiger partial charge in [-0.05, 0) is 57.5 Å². The van der Waals surface area contributed by atoms with Crippen LogP contribution in [0.4, 0.5) is 0 Å². The summed E-state index contributed by atoms with van der Waals surface area (Å²) in [6, 6.07) is 0.802. The minimum atomic E-state index is -0.315. The second-order valence-electron chi connectivity index (χ2n) is 8.43. The fourth-order valence-electron chi connectivity index (χ4n) is 4.86. The standard InChI is InChI=1S/C21H36N2O4/c1-26-21(25)9-8-20(24)23(16-19-7-4-14-27-19)15-17-10-12-22(13-11-17)18-5-2-3-6-18/h17-19H,2-16H2,1H3/t19-/m1/s1. The summed E-state index contributed by atoms with van der Waals surface area (Å²) in [4.78, 5) is 28.8. The highest BCUT2D eigenvalue weighted by Crippen LogP contribution is 2.28. The van der Waals surface area contributed by atoms with Crippen molar-refractivity contribution in [2.24, 2.45) is 5.92 Å². The first-order valence-electron chi connectivity index (χ1n) is 10.9. The largest absolute Gasteiger partial charge is 0.469 e. The first-order valence-corrected chi connectivity index (χ1v) is 10.9. The number of likely N-dealkylation sites (tertiary alicyclic amines) is 1. The Morgan fingerprint density at radius 3 is 2.37 bits per heavy atom. The van der Waals surface area contributed by atoms with Gasteiger partial charge < -0.3 is 19.3 Å². The van der Waals surface area contributed by atoms with E-state index in [1.165, 1.54) is 58.7 Å². The number of amides is 1. The Labute approximate surface area is 163 Å². The van der Waals surface area contributed by atoms with Crippen LogP contribution in [-0.2, 0) is 19.1 Å². The van der Waals surface area contributed by atoms with Crippen molar-refractivity contribution in [2.75, 3.05) is 39.9 Å². The highest BCUT2D eigenvalue weighted by Gasteiger charge is 2.30. The fourth-order valence-corrected chi connectivity index (χ4v) is 4.86. The van der Waals surface area contributed by atoms with Crippen LogP contribution in [0.5, 0.6) is 0 Å². The van der Waals surface area contributed by atoms with Crippen LogP contribution in [0.15, 0.2) is 0 Å². The van der Waals surface area contributed by atoms with Gasteiger partial charge in [-0.25, -0.2) is 0 Å². The van der Waals surface area contributed by atoms with Gasteiger partial charge in [0.15, 0.2) is 0 Å². The first-order chi connectivity index (χ1) is 13.2. The van der Waals surface area contributed by atoms with Gasteiger partial charge in [-0.2, -0.15) is 0 Å². The SMILES string of the molecule is COC(=O)CCC(=O)N(CC1CCN(C2CCCC2)CC1)C[C@H]1CCCO1. The van der Waals surface area contributed by atoms with E-state index in [1.807, 2.05) is 4.90 Å². The van der Waals surface area contributed by atoms with Gasteiger partial charge in [0.25, 0.3) is 0 Å². The number of hydrogen-bond acceptors (Lipinski definition) is 5. The van der Waals surface area contributed by atoms with E-state index in [-0.39, 0.29) is 30.8 Å². The summed E-state index contributed by atoms with van der Waals surface area (Å²) < 4.78 is 10.4. The molecule has 0 radical (unpaired) electrons. The third kappa shape index (κ3) is 6.18. The Balaban J connectivity index is 1.49. The number of rotatable bonds is 8. The third-order valence-electron chi connectivity index (χ3n) is 6.54. The van der Waals surface area contributed by atoms with E-state index in [0.717, 1.165) is 32.0 Å². The maximum atomic E-state index is 12.8. The Morgan fingerprint density at radius 1 is 1.00 bits per heavy atom. The highest BCUT2D eigenvalue weighted by molar-refractivity contribution is 5.81. The average molecular weight is 381 g/mol. The maximum Gasteiger partial charge on any atom is 0.306 e. The lowest BCUT2D eigenvalue weighted by atomic mass is 9.94. The van der Waals surface area contributed by atoms with Crippen LogP contribution in [0.25, 0.3) is 0 Å². The minimum absolute atomic E-state index is 0.0640. The normalized spacial score (nSPS) is 25.0. The summed E-state index contributed by atoms with van der Waals surface area (Å²) in [5, 5.41) is 0.